The maximum atomic E-state index is 9.73. The summed E-state index contributed by atoms with van der Waals surface area (Å²) < 4.78 is 0. The number of aliphatic hydroxyl groups excluding tert-OH is 2. The molecule has 6 nitrogen and oxygen atoms in total. The number of H-pyrrole nitrogens is 1. The summed E-state index contributed by atoms with van der Waals surface area (Å²) in [6, 6.07) is 0. The van der Waals surface area contributed by atoms with E-state index in [0.717, 1.165) is 16.6 Å². The summed E-state index contributed by atoms with van der Waals surface area (Å²) in [5, 5.41) is 22.5. The second-order valence-electron chi connectivity index (χ2n) is 4.32. The Labute approximate surface area is 115 Å². The molecule has 0 aliphatic rings. The van der Waals surface area contributed by atoms with Gasteiger partial charge in [-0.1, -0.05) is 0 Å². The number of rotatable bonds is 7. The maximum absolute atomic E-state index is 9.73. The number of aliphatic hydroxyl groups is 2. The van der Waals surface area contributed by atoms with Crippen LogP contribution in [0.2, 0.25) is 0 Å². The van der Waals surface area contributed by atoms with Crippen LogP contribution in [0.1, 0.15) is 5.56 Å². The zero-order valence-electron chi connectivity index (χ0n) is 10.7. The number of thioether (sulfide) groups is 1. The fourth-order valence-electron chi connectivity index (χ4n) is 1.83. The van der Waals surface area contributed by atoms with E-state index in [4.69, 9.17) is 0 Å². The van der Waals surface area contributed by atoms with Crippen LogP contribution < -0.4 is 5.32 Å². The van der Waals surface area contributed by atoms with Crippen molar-refractivity contribution in [1.82, 2.24) is 20.3 Å². The van der Waals surface area contributed by atoms with E-state index in [9.17, 15) is 10.2 Å². The molecule has 2 aromatic rings. The van der Waals surface area contributed by atoms with Crippen molar-refractivity contribution in [3.8, 4) is 0 Å². The van der Waals surface area contributed by atoms with Crippen LogP contribution in [0.15, 0.2) is 18.7 Å². The van der Waals surface area contributed by atoms with E-state index < -0.39 is 12.2 Å². The van der Waals surface area contributed by atoms with Crippen LogP contribution in [0.5, 0.6) is 0 Å². The van der Waals surface area contributed by atoms with Crippen molar-refractivity contribution in [2.24, 2.45) is 0 Å². The Morgan fingerprint density at radius 3 is 3.05 bits per heavy atom. The van der Waals surface area contributed by atoms with Gasteiger partial charge in [-0.15, -0.1) is 0 Å². The highest BCUT2D eigenvalue weighted by atomic mass is 32.2. The number of aromatic nitrogens is 3. The number of fused-ring (bicyclic) bond motifs is 1. The molecule has 2 rings (SSSR count). The van der Waals surface area contributed by atoms with Gasteiger partial charge in [-0.25, -0.2) is 9.97 Å². The van der Waals surface area contributed by atoms with Crippen molar-refractivity contribution in [2.75, 3.05) is 18.6 Å². The Hall–Kier alpha value is -1.15. The smallest absolute Gasteiger partial charge is 0.116 e. The molecule has 0 spiro atoms. The first kappa shape index (κ1) is 14.3. The van der Waals surface area contributed by atoms with Crippen LogP contribution in [-0.2, 0) is 6.54 Å². The Kier molecular flexibility index (Phi) is 5.15. The maximum Gasteiger partial charge on any atom is 0.116 e. The highest BCUT2D eigenvalue weighted by Crippen LogP contribution is 2.13. The molecule has 0 unspecified atom stereocenters. The van der Waals surface area contributed by atoms with Crippen molar-refractivity contribution >= 4 is 22.8 Å². The second-order valence-corrected chi connectivity index (χ2v) is 5.23. The summed E-state index contributed by atoms with van der Waals surface area (Å²) in [6.07, 6.45) is 5.55. The molecule has 0 saturated heterocycles. The third-order valence-electron chi connectivity index (χ3n) is 2.87. The fraction of sp³-hybridized carbons (Fsp3) is 0.500. The summed E-state index contributed by atoms with van der Waals surface area (Å²) in [5.74, 6) is 0.531. The number of nitrogens with zero attached hydrogens (tertiary/aromatic N) is 2. The average molecular weight is 282 g/mol. The van der Waals surface area contributed by atoms with Gasteiger partial charge >= 0.3 is 0 Å². The third kappa shape index (κ3) is 3.66. The van der Waals surface area contributed by atoms with E-state index >= 15 is 0 Å². The number of nitrogens with one attached hydrogen (secondary N) is 2. The molecule has 2 heterocycles. The lowest BCUT2D eigenvalue weighted by Gasteiger charge is -2.17. The molecule has 7 heteroatoms. The van der Waals surface area contributed by atoms with Crippen LogP contribution in [0.4, 0.5) is 0 Å². The highest BCUT2D eigenvalue weighted by molar-refractivity contribution is 7.98. The highest BCUT2D eigenvalue weighted by Gasteiger charge is 2.15. The quantitative estimate of drug-likeness (QED) is 0.577. The second kappa shape index (κ2) is 6.85. The molecule has 0 aliphatic carbocycles. The van der Waals surface area contributed by atoms with Crippen molar-refractivity contribution in [3.63, 3.8) is 0 Å². The van der Waals surface area contributed by atoms with Gasteiger partial charge in [0.05, 0.1) is 29.4 Å². The van der Waals surface area contributed by atoms with Crippen molar-refractivity contribution in [2.45, 2.75) is 18.8 Å². The minimum absolute atomic E-state index is 0.347. The summed E-state index contributed by atoms with van der Waals surface area (Å²) in [4.78, 5) is 11.2. The van der Waals surface area contributed by atoms with E-state index in [1.807, 2.05) is 12.5 Å². The predicted molar refractivity (Wildman–Crippen MR) is 76.0 cm³/mol. The predicted octanol–water partition coefficient (Wildman–Crippen LogP) is 0.132. The Morgan fingerprint density at radius 1 is 1.42 bits per heavy atom. The number of hydrogen-bond acceptors (Lipinski definition) is 6. The van der Waals surface area contributed by atoms with Gasteiger partial charge in [0, 0.05) is 30.6 Å². The van der Waals surface area contributed by atoms with E-state index in [2.05, 4.69) is 20.3 Å². The minimum atomic E-state index is -0.757. The van der Waals surface area contributed by atoms with E-state index in [1.165, 1.54) is 18.1 Å². The summed E-state index contributed by atoms with van der Waals surface area (Å²) in [5.41, 5.74) is 2.79. The summed E-state index contributed by atoms with van der Waals surface area (Å²) in [6.45, 7) is 0.930. The normalized spacial score (nSPS) is 14.7. The molecular formula is C12H18N4O2S. The SMILES string of the molecule is CSC[C@@H](O)[C@H](O)CNCc1c[nH]c2cncnc12. The first-order valence-electron chi connectivity index (χ1n) is 6.04. The molecule has 19 heavy (non-hydrogen) atoms. The lowest BCUT2D eigenvalue weighted by Crippen LogP contribution is -2.37. The van der Waals surface area contributed by atoms with Crippen LogP contribution in [0.3, 0.4) is 0 Å². The molecule has 2 atom stereocenters. The first-order chi connectivity index (χ1) is 9.22. The fourth-order valence-corrected chi connectivity index (χ4v) is 2.40. The van der Waals surface area contributed by atoms with Crippen molar-refractivity contribution in [1.29, 1.82) is 0 Å². The van der Waals surface area contributed by atoms with Crippen LogP contribution in [-0.4, -0.2) is 55.9 Å². The molecule has 0 fully saturated rings. The van der Waals surface area contributed by atoms with Gasteiger partial charge in [-0.3, -0.25) is 0 Å². The molecule has 0 amide bonds. The van der Waals surface area contributed by atoms with Gasteiger partial charge in [0.25, 0.3) is 0 Å². The number of aromatic amines is 1. The lowest BCUT2D eigenvalue weighted by atomic mass is 10.2. The standard InChI is InChI=1S/C12H18N4O2S/c1-19-6-11(18)10(17)5-13-2-8-3-15-9-4-14-7-16-12(8)9/h3-4,7,10-11,13,15,17-18H,2,5-6H2,1H3/t10-,11-/m1/s1. The molecule has 0 aliphatic heterocycles. The Bertz CT molecular complexity index is 519. The minimum Gasteiger partial charge on any atom is -0.390 e. The van der Waals surface area contributed by atoms with Gasteiger partial charge in [-0.05, 0) is 6.26 Å². The van der Waals surface area contributed by atoms with Crippen molar-refractivity contribution < 1.29 is 10.2 Å². The van der Waals surface area contributed by atoms with Gasteiger partial charge < -0.3 is 20.5 Å². The number of hydrogen-bond donors (Lipinski definition) is 4. The Balaban J connectivity index is 1.86. The summed E-state index contributed by atoms with van der Waals surface area (Å²) >= 11 is 1.51. The van der Waals surface area contributed by atoms with Gasteiger partial charge in [-0.2, -0.15) is 11.8 Å². The monoisotopic (exact) mass is 282 g/mol. The zero-order valence-corrected chi connectivity index (χ0v) is 11.5. The molecule has 0 saturated carbocycles. The molecule has 0 radical (unpaired) electrons. The zero-order chi connectivity index (χ0) is 13.7. The van der Waals surface area contributed by atoms with Gasteiger partial charge in [0.1, 0.15) is 6.33 Å². The molecule has 0 bridgehead atoms. The molecule has 2 aromatic heterocycles. The van der Waals surface area contributed by atoms with Crippen LogP contribution in [0.25, 0.3) is 11.0 Å². The molecule has 0 aromatic carbocycles. The topological polar surface area (TPSA) is 94.1 Å². The van der Waals surface area contributed by atoms with Crippen LogP contribution >= 0.6 is 11.8 Å². The molecule has 104 valence electrons. The Morgan fingerprint density at radius 2 is 2.26 bits per heavy atom. The molecular weight excluding hydrogens is 264 g/mol. The van der Waals surface area contributed by atoms with E-state index in [1.54, 1.807) is 6.20 Å². The largest absolute Gasteiger partial charge is 0.390 e. The van der Waals surface area contributed by atoms with E-state index in [-0.39, 0.29) is 0 Å². The lowest BCUT2D eigenvalue weighted by molar-refractivity contribution is 0.0347. The van der Waals surface area contributed by atoms with Gasteiger partial charge in [0.2, 0.25) is 0 Å². The van der Waals surface area contributed by atoms with Crippen molar-refractivity contribution in [3.05, 3.63) is 24.3 Å². The molecule has 4 N–H and O–H groups in total. The average Bonchev–Trinajstić information content (AvgIpc) is 2.82. The van der Waals surface area contributed by atoms with E-state index in [0.29, 0.717) is 18.8 Å². The van der Waals surface area contributed by atoms with Gasteiger partial charge in [0.15, 0.2) is 0 Å². The van der Waals surface area contributed by atoms with Crippen LogP contribution in [0, 0.1) is 0 Å². The first-order valence-corrected chi connectivity index (χ1v) is 7.43. The third-order valence-corrected chi connectivity index (χ3v) is 3.54. The summed E-state index contributed by atoms with van der Waals surface area (Å²) in [7, 11) is 0.